The fraction of sp³-hybridized carbons (Fsp3) is 0.343. The van der Waals surface area contributed by atoms with Crippen molar-refractivity contribution in [1.29, 1.82) is 0 Å². The maximum atomic E-state index is 13.5. The Hall–Kier alpha value is -4.43. The molecule has 3 aromatic carbocycles. The molecular formula is C35H41N2O6+. The summed E-state index contributed by atoms with van der Waals surface area (Å²) < 4.78 is 16.3. The van der Waals surface area contributed by atoms with Crippen LogP contribution in [0.25, 0.3) is 11.1 Å². The predicted molar refractivity (Wildman–Crippen MR) is 164 cm³/mol. The first-order chi connectivity index (χ1) is 20.9. The lowest BCUT2D eigenvalue weighted by molar-refractivity contribution is -0.368. The van der Waals surface area contributed by atoms with Crippen molar-refractivity contribution in [2.75, 3.05) is 26.9 Å². The van der Waals surface area contributed by atoms with E-state index in [2.05, 4.69) is 41.9 Å². The van der Waals surface area contributed by atoms with Gasteiger partial charge in [0.2, 0.25) is 5.91 Å². The van der Waals surface area contributed by atoms with E-state index in [1.54, 1.807) is 18.2 Å². The number of carbonyl (C=O) groups excluding carboxylic acids is 3. The Bertz CT molecular complexity index is 1360. The number of amides is 1. The molecule has 0 aliphatic heterocycles. The summed E-state index contributed by atoms with van der Waals surface area (Å²) in [4.78, 5) is 39.2. The predicted octanol–water partition coefficient (Wildman–Crippen LogP) is 4.23. The third kappa shape index (κ3) is 8.32. The molecule has 4 rings (SSSR count). The Morgan fingerprint density at radius 3 is 2.21 bits per heavy atom. The van der Waals surface area contributed by atoms with Gasteiger partial charge in [-0.3, -0.25) is 9.59 Å². The van der Waals surface area contributed by atoms with Gasteiger partial charge in [-0.25, -0.2) is 4.79 Å². The lowest BCUT2D eigenvalue weighted by atomic mass is 9.95. The van der Waals surface area contributed by atoms with E-state index in [0.717, 1.165) is 47.2 Å². The SMILES string of the molecule is C=CCOc1ccc(C[C@H](NC(=O)[C@H](CCCC[NH3+])CC(=O)OCC2c3ccccc3-c3ccccc32)C(=O)OC)cc1. The molecule has 226 valence electrons. The number of fused-ring (bicyclic) bond motifs is 3. The van der Waals surface area contributed by atoms with E-state index in [-0.39, 0.29) is 31.3 Å². The van der Waals surface area contributed by atoms with Crippen molar-refractivity contribution in [2.24, 2.45) is 5.92 Å². The fourth-order valence-corrected chi connectivity index (χ4v) is 5.51. The summed E-state index contributed by atoms with van der Waals surface area (Å²) in [5.74, 6) is -1.41. The van der Waals surface area contributed by atoms with Gasteiger partial charge in [-0.05, 0) is 59.2 Å². The second-order valence-corrected chi connectivity index (χ2v) is 10.7. The molecule has 0 unspecified atom stereocenters. The first-order valence-corrected chi connectivity index (χ1v) is 14.8. The van der Waals surface area contributed by atoms with Crippen molar-refractivity contribution in [1.82, 2.24) is 5.32 Å². The summed E-state index contributed by atoms with van der Waals surface area (Å²) in [6.07, 6.45) is 3.85. The summed E-state index contributed by atoms with van der Waals surface area (Å²) in [5, 5.41) is 2.84. The van der Waals surface area contributed by atoms with Crippen LogP contribution in [0.5, 0.6) is 5.75 Å². The molecule has 1 aliphatic carbocycles. The van der Waals surface area contributed by atoms with Crippen molar-refractivity contribution in [2.45, 2.75) is 44.1 Å². The molecule has 3 aromatic rings. The van der Waals surface area contributed by atoms with Gasteiger partial charge in [-0.2, -0.15) is 0 Å². The highest BCUT2D eigenvalue weighted by Crippen LogP contribution is 2.44. The Labute approximate surface area is 253 Å². The minimum atomic E-state index is -0.907. The van der Waals surface area contributed by atoms with Gasteiger partial charge in [0, 0.05) is 18.3 Å². The lowest BCUT2D eigenvalue weighted by Crippen LogP contribution is -2.50. The van der Waals surface area contributed by atoms with Crippen LogP contribution in [0.3, 0.4) is 0 Å². The molecule has 0 bridgehead atoms. The molecule has 0 aromatic heterocycles. The summed E-state index contributed by atoms with van der Waals surface area (Å²) in [5.41, 5.74) is 9.26. The van der Waals surface area contributed by atoms with Gasteiger partial charge in [-0.1, -0.05) is 73.3 Å². The van der Waals surface area contributed by atoms with E-state index in [4.69, 9.17) is 14.2 Å². The molecule has 8 nitrogen and oxygen atoms in total. The highest BCUT2D eigenvalue weighted by molar-refractivity contribution is 5.88. The molecule has 0 radical (unpaired) electrons. The Kier molecular flexibility index (Phi) is 11.5. The Balaban J connectivity index is 1.41. The van der Waals surface area contributed by atoms with Gasteiger partial charge in [0.25, 0.3) is 0 Å². The topological polar surface area (TPSA) is 119 Å². The van der Waals surface area contributed by atoms with E-state index in [0.29, 0.717) is 18.8 Å². The number of rotatable bonds is 16. The number of hydrogen-bond donors (Lipinski definition) is 2. The molecule has 0 saturated carbocycles. The maximum absolute atomic E-state index is 13.5. The summed E-state index contributed by atoms with van der Waals surface area (Å²) >= 11 is 0. The lowest BCUT2D eigenvalue weighted by Gasteiger charge is -2.22. The monoisotopic (exact) mass is 585 g/mol. The van der Waals surface area contributed by atoms with Crippen molar-refractivity contribution in [3.05, 3.63) is 102 Å². The zero-order valence-corrected chi connectivity index (χ0v) is 24.8. The summed E-state index contributed by atoms with van der Waals surface area (Å²) in [7, 11) is 1.29. The number of esters is 2. The molecular weight excluding hydrogens is 544 g/mol. The van der Waals surface area contributed by atoms with Crippen LogP contribution in [0.15, 0.2) is 85.5 Å². The maximum Gasteiger partial charge on any atom is 0.328 e. The first kappa shape index (κ1) is 31.5. The molecule has 2 atom stereocenters. The largest absolute Gasteiger partial charge is 0.490 e. The van der Waals surface area contributed by atoms with Crippen LogP contribution in [-0.2, 0) is 30.3 Å². The zero-order valence-electron chi connectivity index (χ0n) is 24.8. The number of benzene rings is 3. The van der Waals surface area contributed by atoms with E-state index < -0.39 is 23.9 Å². The Morgan fingerprint density at radius 1 is 0.953 bits per heavy atom. The van der Waals surface area contributed by atoms with Crippen LogP contribution >= 0.6 is 0 Å². The molecule has 0 saturated heterocycles. The Morgan fingerprint density at radius 2 is 1.60 bits per heavy atom. The second kappa shape index (κ2) is 15.7. The molecule has 1 aliphatic rings. The fourth-order valence-electron chi connectivity index (χ4n) is 5.51. The highest BCUT2D eigenvalue weighted by atomic mass is 16.5. The number of nitrogens with one attached hydrogen (secondary N) is 1. The minimum Gasteiger partial charge on any atom is -0.490 e. The number of unbranched alkanes of at least 4 members (excludes halogenated alkanes) is 1. The van der Waals surface area contributed by atoms with Crippen LogP contribution in [0, 0.1) is 5.92 Å². The molecule has 1 amide bonds. The average Bonchev–Trinajstić information content (AvgIpc) is 3.35. The van der Waals surface area contributed by atoms with E-state index in [1.807, 2.05) is 36.4 Å². The van der Waals surface area contributed by atoms with Crippen LogP contribution in [0.1, 0.15) is 48.3 Å². The van der Waals surface area contributed by atoms with Crippen LogP contribution < -0.4 is 15.8 Å². The third-order valence-electron chi connectivity index (χ3n) is 7.74. The van der Waals surface area contributed by atoms with Crippen molar-refractivity contribution in [3.8, 4) is 16.9 Å². The minimum absolute atomic E-state index is 0.0629. The number of hydrogen-bond acceptors (Lipinski definition) is 6. The van der Waals surface area contributed by atoms with Crippen LogP contribution in [0.4, 0.5) is 0 Å². The van der Waals surface area contributed by atoms with Crippen LogP contribution in [0.2, 0.25) is 0 Å². The van der Waals surface area contributed by atoms with Gasteiger partial charge in [0.15, 0.2) is 0 Å². The first-order valence-electron chi connectivity index (χ1n) is 14.8. The normalized spacial score (nSPS) is 13.3. The van der Waals surface area contributed by atoms with Gasteiger partial charge >= 0.3 is 11.9 Å². The van der Waals surface area contributed by atoms with E-state index in [1.165, 1.54) is 7.11 Å². The summed E-state index contributed by atoms with van der Waals surface area (Å²) in [6.45, 7) is 4.95. The van der Waals surface area contributed by atoms with Gasteiger partial charge < -0.3 is 25.3 Å². The summed E-state index contributed by atoms with van der Waals surface area (Å²) in [6, 6.07) is 22.7. The second-order valence-electron chi connectivity index (χ2n) is 10.7. The van der Waals surface area contributed by atoms with Gasteiger partial charge in [0.1, 0.15) is 25.0 Å². The van der Waals surface area contributed by atoms with Crippen molar-refractivity contribution in [3.63, 3.8) is 0 Å². The quantitative estimate of drug-likeness (QED) is 0.148. The third-order valence-corrected chi connectivity index (χ3v) is 7.74. The molecule has 43 heavy (non-hydrogen) atoms. The van der Waals surface area contributed by atoms with Crippen LogP contribution in [-0.4, -0.2) is 50.8 Å². The molecule has 8 heteroatoms. The number of quaternary nitrogens is 1. The van der Waals surface area contributed by atoms with Crippen molar-refractivity contribution >= 4 is 17.8 Å². The van der Waals surface area contributed by atoms with Crippen molar-refractivity contribution < 1.29 is 34.3 Å². The highest BCUT2D eigenvalue weighted by Gasteiger charge is 2.31. The number of methoxy groups -OCH3 is 1. The van der Waals surface area contributed by atoms with E-state index in [9.17, 15) is 14.4 Å². The average molecular weight is 586 g/mol. The zero-order chi connectivity index (χ0) is 30.6. The van der Waals surface area contributed by atoms with Gasteiger partial charge in [0.05, 0.1) is 20.1 Å². The molecule has 0 fully saturated rings. The van der Waals surface area contributed by atoms with Gasteiger partial charge in [-0.15, -0.1) is 0 Å². The molecule has 0 spiro atoms. The molecule has 4 N–H and O–H groups in total. The number of ether oxygens (including phenoxy) is 3. The molecule has 0 heterocycles. The smallest absolute Gasteiger partial charge is 0.328 e. The standard InChI is InChI=1S/C35H40N2O6/c1-3-20-42-26-17-15-24(16-18-26)21-32(35(40)41-2)37-34(39)25(10-8-9-19-36)22-33(38)43-23-31-29-13-6-4-11-27(29)28-12-5-7-14-30(28)31/h3-7,11-18,25,31-32H,1,8-10,19-23,36H2,2H3,(H,37,39)/p+1/t25-,32+/m1/s1. The van der Waals surface area contributed by atoms with E-state index >= 15 is 0 Å². The number of carbonyl (C=O) groups is 3.